The Bertz CT molecular complexity index is 159. The van der Waals surface area contributed by atoms with Gasteiger partial charge in [0.2, 0.25) is 0 Å². The molecular weight excluding hydrogens is 186 g/mol. The molecule has 2 saturated carbocycles. The average molecular weight is 211 g/mol. The SMILES string of the molecule is NC1CCC(CC2CCC(O)CC2)CC1. The molecule has 2 fully saturated rings. The van der Waals surface area contributed by atoms with E-state index in [1.165, 1.54) is 44.9 Å². The molecule has 2 nitrogen and oxygen atoms in total. The molecule has 88 valence electrons. The summed E-state index contributed by atoms with van der Waals surface area (Å²) in [5.41, 5.74) is 5.92. The van der Waals surface area contributed by atoms with Gasteiger partial charge >= 0.3 is 0 Å². The Balaban J connectivity index is 1.68. The molecule has 0 bridgehead atoms. The van der Waals surface area contributed by atoms with Gasteiger partial charge < -0.3 is 10.8 Å². The minimum atomic E-state index is 0.000952. The maximum Gasteiger partial charge on any atom is 0.0540 e. The summed E-state index contributed by atoms with van der Waals surface area (Å²) in [4.78, 5) is 0. The predicted octanol–water partition coefficient (Wildman–Crippen LogP) is 2.45. The van der Waals surface area contributed by atoms with Crippen LogP contribution in [-0.2, 0) is 0 Å². The van der Waals surface area contributed by atoms with Gasteiger partial charge in [0.15, 0.2) is 0 Å². The molecule has 0 unspecified atom stereocenters. The van der Waals surface area contributed by atoms with Gasteiger partial charge in [0.25, 0.3) is 0 Å². The molecule has 0 aromatic heterocycles. The molecule has 0 amide bonds. The highest BCUT2D eigenvalue weighted by molar-refractivity contribution is 4.79. The monoisotopic (exact) mass is 211 g/mol. The van der Waals surface area contributed by atoms with Crippen LogP contribution in [0.3, 0.4) is 0 Å². The van der Waals surface area contributed by atoms with Gasteiger partial charge in [0.1, 0.15) is 0 Å². The number of aliphatic hydroxyl groups is 1. The zero-order valence-corrected chi connectivity index (χ0v) is 9.70. The molecule has 0 saturated heterocycles. The van der Waals surface area contributed by atoms with Gasteiger partial charge in [-0.25, -0.2) is 0 Å². The Morgan fingerprint density at radius 2 is 1.27 bits per heavy atom. The van der Waals surface area contributed by atoms with E-state index in [-0.39, 0.29) is 6.10 Å². The Kier molecular flexibility index (Phi) is 4.04. The van der Waals surface area contributed by atoms with Crippen molar-refractivity contribution in [1.82, 2.24) is 0 Å². The molecule has 0 radical (unpaired) electrons. The first kappa shape index (κ1) is 11.4. The molecule has 15 heavy (non-hydrogen) atoms. The van der Waals surface area contributed by atoms with Gasteiger partial charge in [-0.05, 0) is 69.6 Å². The van der Waals surface area contributed by atoms with E-state index in [9.17, 15) is 5.11 Å². The lowest BCUT2D eigenvalue weighted by atomic mass is 9.76. The van der Waals surface area contributed by atoms with Gasteiger partial charge in [0, 0.05) is 6.04 Å². The van der Waals surface area contributed by atoms with E-state index in [4.69, 9.17) is 5.73 Å². The van der Waals surface area contributed by atoms with Crippen molar-refractivity contribution in [2.45, 2.75) is 69.9 Å². The molecule has 0 spiro atoms. The maximum atomic E-state index is 9.45. The molecule has 0 aliphatic heterocycles. The third-order valence-corrected chi connectivity index (χ3v) is 4.37. The lowest BCUT2D eigenvalue weighted by molar-refractivity contribution is 0.0981. The lowest BCUT2D eigenvalue weighted by Crippen LogP contribution is -2.28. The second kappa shape index (κ2) is 5.31. The van der Waals surface area contributed by atoms with Crippen molar-refractivity contribution in [3.8, 4) is 0 Å². The lowest BCUT2D eigenvalue weighted by Gasteiger charge is -2.32. The number of hydrogen-bond acceptors (Lipinski definition) is 2. The smallest absolute Gasteiger partial charge is 0.0540 e. The van der Waals surface area contributed by atoms with Crippen LogP contribution in [0.5, 0.6) is 0 Å². The van der Waals surface area contributed by atoms with Crippen LogP contribution < -0.4 is 5.73 Å². The second-order valence-corrected chi connectivity index (χ2v) is 5.69. The van der Waals surface area contributed by atoms with Crippen molar-refractivity contribution < 1.29 is 5.11 Å². The van der Waals surface area contributed by atoms with Crippen molar-refractivity contribution in [3.63, 3.8) is 0 Å². The van der Waals surface area contributed by atoms with E-state index in [0.29, 0.717) is 6.04 Å². The first-order valence-electron chi connectivity index (χ1n) is 6.67. The van der Waals surface area contributed by atoms with Crippen LogP contribution in [0.2, 0.25) is 0 Å². The summed E-state index contributed by atoms with van der Waals surface area (Å²) in [5.74, 6) is 1.83. The third kappa shape index (κ3) is 3.46. The number of aliphatic hydroxyl groups excluding tert-OH is 1. The van der Waals surface area contributed by atoms with Gasteiger partial charge in [0.05, 0.1) is 6.10 Å². The minimum absolute atomic E-state index is 0.000952. The summed E-state index contributed by atoms with van der Waals surface area (Å²) in [5, 5.41) is 9.45. The van der Waals surface area contributed by atoms with E-state index in [2.05, 4.69) is 0 Å². The summed E-state index contributed by atoms with van der Waals surface area (Å²) < 4.78 is 0. The molecule has 0 atom stereocenters. The van der Waals surface area contributed by atoms with Crippen molar-refractivity contribution in [2.75, 3.05) is 0 Å². The van der Waals surface area contributed by atoms with E-state index in [1.807, 2.05) is 0 Å². The molecule has 2 heteroatoms. The average Bonchev–Trinajstić information content (AvgIpc) is 2.25. The van der Waals surface area contributed by atoms with Gasteiger partial charge in [-0.15, -0.1) is 0 Å². The van der Waals surface area contributed by atoms with Gasteiger partial charge in [-0.3, -0.25) is 0 Å². The molecular formula is C13H25NO. The summed E-state index contributed by atoms with van der Waals surface area (Å²) >= 11 is 0. The largest absolute Gasteiger partial charge is 0.393 e. The van der Waals surface area contributed by atoms with Crippen LogP contribution in [-0.4, -0.2) is 17.3 Å². The molecule has 2 rings (SSSR count). The fourth-order valence-electron chi connectivity index (χ4n) is 3.28. The fourth-order valence-corrected chi connectivity index (χ4v) is 3.28. The maximum absolute atomic E-state index is 9.45. The Hall–Kier alpha value is -0.0800. The quantitative estimate of drug-likeness (QED) is 0.737. The fraction of sp³-hybridized carbons (Fsp3) is 1.00. The van der Waals surface area contributed by atoms with Crippen LogP contribution in [0, 0.1) is 11.8 Å². The van der Waals surface area contributed by atoms with E-state index >= 15 is 0 Å². The highest BCUT2D eigenvalue weighted by Gasteiger charge is 2.25. The Morgan fingerprint density at radius 3 is 1.80 bits per heavy atom. The molecule has 0 aromatic rings. The number of hydrogen-bond donors (Lipinski definition) is 2. The van der Waals surface area contributed by atoms with Crippen LogP contribution in [0.1, 0.15) is 57.8 Å². The zero-order chi connectivity index (χ0) is 10.7. The van der Waals surface area contributed by atoms with Crippen molar-refractivity contribution in [2.24, 2.45) is 17.6 Å². The van der Waals surface area contributed by atoms with Crippen LogP contribution in [0.4, 0.5) is 0 Å². The highest BCUT2D eigenvalue weighted by atomic mass is 16.3. The zero-order valence-electron chi connectivity index (χ0n) is 9.70. The predicted molar refractivity (Wildman–Crippen MR) is 62.5 cm³/mol. The van der Waals surface area contributed by atoms with Crippen LogP contribution in [0.15, 0.2) is 0 Å². The van der Waals surface area contributed by atoms with Crippen LogP contribution >= 0.6 is 0 Å². The highest BCUT2D eigenvalue weighted by Crippen LogP contribution is 2.34. The van der Waals surface area contributed by atoms with Gasteiger partial charge in [-0.2, -0.15) is 0 Å². The normalized spacial score (nSPS) is 42.8. The standard InChI is InChI=1S/C13H25NO/c14-12-5-1-10(2-6-12)9-11-3-7-13(15)8-4-11/h10-13,15H,1-9,14H2. The second-order valence-electron chi connectivity index (χ2n) is 5.69. The van der Waals surface area contributed by atoms with Crippen LogP contribution in [0.25, 0.3) is 0 Å². The Morgan fingerprint density at radius 1 is 0.800 bits per heavy atom. The first-order chi connectivity index (χ1) is 7.24. The number of nitrogens with two attached hydrogens (primary N) is 1. The van der Waals surface area contributed by atoms with E-state index in [0.717, 1.165) is 24.7 Å². The minimum Gasteiger partial charge on any atom is -0.393 e. The molecule has 2 aliphatic carbocycles. The molecule has 0 aromatic carbocycles. The first-order valence-corrected chi connectivity index (χ1v) is 6.67. The topological polar surface area (TPSA) is 46.2 Å². The third-order valence-electron chi connectivity index (χ3n) is 4.37. The van der Waals surface area contributed by atoms with E-state index < -0.39 is 0 Å². The summed E-state index contributed by atoms with van der Waals surface area (Å²) in [6.45, 7) is 0. The molecule has 2 aliphatic rings. The Labute approximate surface area is 93.2 Å². The molecule has 3 N–H and O–H groups in total. The number of rotatable bonds is 2. The summed E-state index contributed by atoms with van der Waals surface area (Å²) in [6.07, 6.45) is 11.2. The van der Waals surface area contributed by atoms with Gasteiger partial charge in [-0.1, -0.05) is 0 Å². The van der Waals surface area contributed by atoms with Crippen molar-refractivity contribution in [3.05, 3.63) is 0 Å². The summed E-state index contributed by atoms with van der Waals surface area (Å²) in [7, 11) is 0. The van der Waals surface area contributed by atoms with Crippen molar-refractivity contribution >= 4 is 0 Å². The summed E-state index contributed by atoms with van der Waals surface area (Å²) in [6, 6.07) is 0.481. The molecule has 0 heterocycles. The van der Waals surface area contributed by atoms with E-state index in [1.54, 1.807) is 0 Å². The van der Waals surface area contributed by atoms with Crippen molar-refractivity contribution in [1.29, 1.82) is 0 Å².